The molecule has 4 heteroatoms. The summed E-state index contributed by atoms with van der Waals surface area (Å²) in [5, 5.41) is 0. The lowest BCUT2D eigenvalue weighted by Gasteiger charge is -2.11. The molecular weight excluding hydrogens is 320 g/mol. The lowest BCUT2D eigenvalue weighted by atomic mass is 10.0. The van der Waals surface area contributed by atoms with Gasteiger partial charge in [0.05, 0.1) is 18.6 Å². The summed E-state index contributed by atoms with van der Waals surface area (Å²) in [6.07, 6.45) is 7.70. The first-order valence-electron chi connectivity index (χ1n) is 8.91. The molecule has 0 unspecified atom stereocenters. The Hall–Kier alpha value is -3.14. The first kappa shape index (κ1) is 16.3. The Morgan fingerprint density at radius 3 is 2.27 bits per heavy atom. The monoisotopic (exact) mass is 342 g/mol. The molecule has 26 heavy (non-hydrogen) atoms. The van der Waals surface area contributed by atoms with E-state index in [0.29, 0.717) is 0 Å². The average molecular weight is 342 g/mol. The lowest BCUT2D eigenvalue weighted by Crippen LogP contribution is -2.09. The van der Waals surface area contributed by atoms with E-state index < -0.39 is 0 Å². The first-order valence-corrected chi connectivity index (χ1v) is 8.91. The summed E-state index contributed by atoms with van der Waals surface area (Å²) in [6.45, 7) is 0.730. The van der Waals surface area contributed by atoms with Crippen molar-refractivity contribution < 1.29 is 0 Å². The van der Waals surface area contributed by atoms with Gasteiger partial charge in [0.1, 0.15) is 5.82 Å². The number of rotatable bonds is 6. The van der Waals surface area contributed by atoms with Gasteiger partial charge in [0.2, 0.25) is 0 Å². The number of aryl methyl sites for hydroxylation is 2. The predicted molar refractivity (Wildman–Crippen MR) is 104 cm³/mol. The van der Waals surface area contributed by atoms with Crippen LogP contribution >= 0.6 is 0 Å². The maximum Gasteiger partial charge on any atom is 0.128 e. The Balaban J connectivity index is 1.67. The van der Waals surface area contributed by atoms with Gasteiger partial charge in [-0.05, 0) is 18.4 Å². The van der Waals surface area contributed by atoms with E-state index in [2.05, 4.69) is 68.7 Å². The van der Waals surface area contributed by atoms with E-state index in [1.165, 1.54) is 11.3 Å². The second-order valence-corrected chi connectivity index (χ2v) is 6.47. The van der Waals surface area contributed by atoms with E-state index in [0.717, 1.165) is 36.5 Å². The zero-order valence-electron chi connectivity index (χ0n) is 14.9. The van der Waals surface area contributed by atoms with E-state index in [1.807, 2.05) is 31.8 Å². The number of aromatic nitrogens is 4. The maximum absolute atomic E-state index is 4.73. The molecule has 2 aromatic carbocycles. The molecule has 0 bridgehead atoms. The van der Waals surface area contributed by atoms with Gasteiger partial charge in [0.15, 0.2) is 0 Å². The van der Waals surface area contributed by atoms with Crippen molar-refractivity contribution in [1.29, 1.82) is 0 Å². The van der Waals surface area contributed by atoms with Crippen molar-refractivity contribution in [3.05, 3.63) is 96.5 Å². The molecule has 2 heterocycles. The highest BCUT2D eigenvalue weighted by Gasteiger charge is 2.14. The summed E-state index contributed by atoms with van der Waals surface area (Å²) >= 11 is 0. The summed E-state index contributed by atoms with van der Waals surface area (Å²) in [6, 6.07) is 21.0. The van der Waals surface area contributed by atoms with Crippen LogP contribution in [-0.2, 0) is 26.4 Å². The zero-order chi connectivity index (χ0) is 17.8. The molecule has 2 aromatic heterocycles. The van der Waals surface area contributed by atoms with Crippen molar-refractivity contribution in [2.24, 2.45) is 7.05 Å². The van der Waals surface area contributed by atoms with Crippen molar-refractivity contribution in [3.63, 3.8) is 0 Å². The van der Waals surface area contributed by atoms with Gasteiger partial charge in [-0.15, -0.1) is 0 Å². The molecule has 0 saturated heterocycles. The van der Waals surface area contributed by atoms with Crippen molar-refractivity contribution in [2.45, 2.75) is 19.4 Å². The quantitative estimate of drug-likeness (QED) is 0.528. The zero-order valence-corrected chi connectivity index (χ0v) is 14.9. The number of benzene rings is 2. The molecule has 0 aliphatic rings. The van der Waals surface area contributed by atoms with Gasteiger partial charge in [0.25, 0.3) is 0 Å². The van der Waals surface area contributed by atoms with Crippen LogP contribution in [0.15, 0.2) is 79.4 Å². The van der Waals surface area contributed by atoms with Crippen LogP contribution < -0.4 is 0 Å². The molecule has 0 atom stereocenters. The Kier molecular flexibility index (Phi) is 4.65. The Morgan fingerprint density at radius 1 is 0.846 bits per heavy atom. The molecule has 4 aromatic rings. The summed E-state index contributed by atoms with van der Waals surface area (Å²) in [4.78, 5) is 9.20. The third-order valence-corrected chi connectivity index (χ3v) is 4.72. The predicted octanol–water partition coefficient (Wildman–Crippen LogP) is 4.12. The van der Waals surface area contributed by atoms with E-state index in [-0.39, 0.29) is 0 Å². The standard InChI is InChI=1S/C22H22N4/c1-25-15-14-23-21(25)16-26-17-24-22(19-10-6-3-7-11-19)20(26)13-12-18-8-4-2-5-9-18/h2-11,14-15,17H,12-13,16H2,1H3. The second kappa shape index (κ2) is 7.40. The number of hydrogen-bond donors (Lipinski definition) is 0. The van der Waals surface area contributed by atoms with Crippen LogP contribution in [0.2, 0.25) is 0 Å². The molecule has 0 amide bonds. The van der Waals surface area contributed by atoms with E-state index in [4.69, 9.17) is 4.98 Å². The highest BCUT2D eigenvalue weighted by atomic mass is 15.1. The second-order valence-electron chi connectivity index (χ2n) is 6.47. The maximum atomic E-state index is 4.73. The van der Waals surface area contributed by atoms with Gasteiger partial charge < -0.3 is 9.13 Å². The van der Waals surface area contributed by atoms with Crippen LogP contribution in [0.1, 0.15) is 17.1 Å². The van der Waals surface area contributed by atoms with Crippen LogP contribution in [-0.4, -0.2) is 19.1 Å². The molecule has 0 N–H and O–H groups in total. The summed E-state index contributed by atoms with van der Waals surface area (Å²) in [5.41, 5.74) is 4.82. The molecule has 0 spiro atoms. The van der Waals surface area contributed by atoms with Crippen molar-refractivity contribution in [1.82, 2.24) is 19.1 Å². The highest BCUT2D eigenvalue weighted by Crippen LogP contribution is 2.24. The van der Waals surface area contributed by atoms with Gasteiger partial charge in [-0.2, -0.15) is 0 Å². The van der Waals surface area contributed by atoms with Gasteiger partial charge in [0, 0.05) is 30.7 Å². The summed E-state index contributed by atoms with van der Waals surface area (Å²) < 4.78 is 4.29. The number of hydrogen-bond acceptors (Lipinski definition) is 2. The largest absolute Gasteiger partial charge is 0.337 e. The Labute approximate surface area is 153 Å². The fourth-order valence-corrected chi connectivity index (χ4v) is 3.25. The minimum Gasteiger partial charge on any atom is -0.337 e. The Morgan fingerprint density at radius 2 is 1.58 bits per heavy atom. The number of imidazole rings is 2. The van der Waals surface area contributed by atoms with E-state index in [1.54, 1.807) is 0 Å². The Bertz CT molecular complexity index is 968. The van der Waals surface area contributed by atoms with Gasteiger partial charge in [-0.25, -0.2) is 9.97 Å². The van der Waals surface area contributed by atoms with Crippen molar-refractivity contribution in [2.75, 3.05) is 0 Å². The van der Waals surface area contributed by atoms with Gasteiger partial charge in [-0.3, -0.25) is 0 Å². The smallest absolute Gasteiger partial charge is 0.128 e. The topological polar surface area (TPSA) is 35.6 Å². The normalized spacial score (nSPS) is 11.0. The minimum atomic E-state index is 0.730. The SMILES string of the molecule is Cn1ccnc1Cn1cnc(-c2ccccc2)c1CCc1ccccc1. The molecule has 0 radical (unpaired) electrons. The fraction of sp³-hybridized carbons (Fsp3) is 0.182. The fourth-order valence-electron chi connectivity index (χ4n) is 3.25. The lowest BCUT2D eigenvalue weighted by molar-refractivity contribution is 0.667. The third-order valence-electron chi connectivity index (χ3n) is 4.72. The first-order chi connectivity index (χ1) is 12.8. The van der Waals surface area contributed by atoms with Crippen LogP contribution in [0.25, 0.3) is 11.3 Å². The van der Waals surface area contributed by atoms with Crippen LogP contribution in [0.5, 0.6) is 0 Å². The van der Waals surface area contributed by atoms with E-state index >= 15 is 0 Å². The molecular formula is C22H22N4. The summed E-state index contributed by atoms with van der Waals surface area (Å²) in [7, 11) is 2.03. The third kappa shape index (κ3) is 3.45. The van der Waals surface area contributed by atoms with Gasteiger partial charge >= 0.3 is 0 Å². The molecule has 4 rings (SSSR count). The van der Waals surface area contributed by atoms with Crippen LogP contribution in [0.3, 0.4) is 0 Å². The minimum absolute atomic E-state index is 0.730. The highest BCUT2D eigenvalue weighted by molar-refractivity contribution is 5.62. The van der Waals surface area contributed by atoms with Crippen LogP contribution in [0.4, 0.5) is 0 Å². The molecule has 4 nitrogen and oxygen atoms in total. The molecule has 0 aliphatic heterocycles. The molecule has 0 aliphatic carbocycles. The molecule has 0 saturated carbocycles. The van der Waals surface area contributed by atoms with E-state index in [9.17, 15) is 0 Å². The van der Waals surface area contributed by atoms with Gasteiger partial charge in [-0.1, -0.05) is 60.7 Å². The van der Waals surface area contributed by atoms with Crippen LogP contribution in [0, 0.1) is 0 Å². The van der Waals surface area contributed by atoms with Crippen molar-refractivity contribution >= 4 is 0 Å². The van der Waals surface area contributed by atoms with Crippen molar-refractivity contribution in [3.8, 4) is 11.3 Å². The average Bonchev–Trinajstić information content (AvgIpc) is 3.28. The molecule has 130 valence electrons. The number of nitrogens with zero attached hydrogens (tertiary/aromatic N) is 4. The molecule has 0 fully saturated rings. The summed E-state index contributed by atoms with van der Waals surface area (Å²) in [5.74, 6) is 1.03.